The van der Waals surface area contributed by atoms with Crippen LogP contribution in [0.2, 0.25) is 0 Å². The van der Waals surface area contributed by atoms with Gasteiger partial charge >= 0.3 is 0 Å². The van der Waals surface area contributed by atoms with Crippen LogP contribution >= 0.6 is 0 Å². The van der Waals surface area contributed by atoms with Gasteiger partial charge in [-0.05, 0) is 12.1 Å². The van der Waals surface area contributed by atoms with Crippen molar-refractivity contribution in [3.05, 3.63) is 59.2 Å². The Balaban J connectivity index is 2.21. The van der Waals surface area contributed by atoms with E-state index in [9.17, 15) is 22.0 Å². The number of methoxy groups -OCH3 is 1. The van der Waals surface area contributed by atoms with Gasteiger partial charge in [-0.2, -0.15) is 0 Å². The van der Waals surface area contributed by atoms with Crippen LogP contribution in [0.15, 0.2) is 36.4 Å². The van der Waals surface area contributed by atoms with Crippen LogP contribution in [-0.4, -0.2) is 27.7 Å². The largest absolute Gasteiger partial charge is 0.496 e. The third kappa shape index (κ3) is 4.90. The number of halogens is 2. The minimum absolute atomic E-state index is 0.0880. The number of para-hydroxylation sites is 1. The summed E-state index contributed by atoms with van der Waals surface area (Å²) in [6, 6.07) is 8.12. The number of sulfonamides is 1. The lowest BCUT2D eigenvalue weighted by Gasteiger charge is -2.12. The first kappa shape index (κ1) is 18.7. The summed E-state index contributed by atoms with van der Waals surface area (Å²) in [6.45, 7) is -0.0880. The van der Waals surface area contributed by atoms with Crippen molar-refractivity contribution in [2.75, 3.05) is 13.4 Å². The Morgan fingerprint density at radius 1 is 1.12 bits per heavy atom. The van der Waals surface area contributed by atoms with Gasteiger partial charge in [0.1, 0.15) is 18.2 Å². The van der Waals surface area contributed by atoms with E-state index in [1.165, 1.54) is 7.11 Å². The molecule has 0 radical (unpaired) electrons. The summed E-state index contributed by atoms with van der Waals surface area (Å²) in [4.78, 5) is 11.7. The predicted octanol–water partition coefficient (Wildman–Crippen LogP) is 2.24. The molecule has 25 heavy (non-hydrogen) atoms. The summed E-state index contributed by atoms with van der Waals surface area (Å²) >= 11 is 0. The maximum atomic E-state index is 14.1. The third-order valence-corrected chi connectivity index (χ3v) is 3.68. The van der Waals surface area contributed by atoms with Crippen LogP contribution in [-0.2, 0) is 16.6 Å². The molecule has 0 bridgehead atoms. The van der Waals surface area contributed by atoms with Crippen LogP contribution in [0, 0.1) is 11.6 Å². The molecule has 0 aliphatic carbocycles. The number of carbonyl (C=O) groups is 1. The molecule has 0 fully saturated rings. The molecule has 0 aliphatic rings. The standard InChI is InChI=1S/C16H15F2NO5S/c1-23-14-6-4-3-5-10(14)9-24-15-8-12(17)11(7-13(15)18)16(20)19-25(2,21)22/h3-8H,9H2,1-2H3,(H,19,20). The summed E-state index contributed by atoms with van der Waals surface area (Å²) in [5.74, 6) is -3.28. The van der Waals surface area contributed by atoms with Gasteiger partial charge in [-0.3, -0.25) is 4.79 Å². The van der Waals surface area contributed by atoms with Crippen LogP contribution in [0.4, 0.5) is 8.78 Å². The first-order valence-corrected chi connectivity index (χ1v) is 8.86. The second-order valence-corrected chi connectivity index (χ2v) is 6.81. The molecule has 0 aliphatic heterocycles. The maximum absolute atomic E-state index is 14.1. The van der Waals surface area contributed by atoms with Crippen molar-refractivity contribution in [1.82, 2.24) is 4.72 Å². The van der Waals surface area contributed by atoms with Crippen molar-refractivity contribution in [2.45, 2.75) is 6.61 Å². The summed E-state index contributed by atoms with van der Waals surface area (Å²) in [5.41, 5.74) is -0.128. The minimum atomic E-state index is -3.90. The quantitative estimate of drug-likeness (QED) is 0.842. The third-order valence-electron chi connectivity index (χ3n) is 3.12. The Morgan fingerprint density at radius 3 is 2.44 bits per heavy atom. The molecule has 0 saturated carbocycles. The lowest BCUT2D eigenvalue weighted by atomic mass is 10.2. The second kappa shape index (κ2) is 7.47. The monoisotopic (exact) mass is 371 g/mol. The number of benzene rings is 2. The first-order valence-electron chi connectivity index (χ1n) is 6.97. The molecule has 1 amide bonds. The van der Waals surface area contributed by atoms with E-state index in [0.29, 0.717) is 23.4 Å². The lowest BCUT2D eigenvalue weighted by molar-refractivity contribution is 0.0977. The molecule has 9 heteroatoms. The summed E-state index contributed by atoms with van der Waals surface area (Å²) in [7, 11) is -2.43. The Morgan fingerprint density at radius 2 is 1.80 bits per heavy atom. The van der Waals surface area contributed by atoms with Gasteiger partial charge in [0.15, 0.2) is 11.6 Å². The molecule has 0 aromatic heterocycles. The van der Waals surface area contributed by atoms with E-state index in [0.717, 1.165) is 6.26 Å². The van der Waals surface area contributed by atoms with Gasteiger partial charge in [-0.1, -0.05) is 18.2 Å². The Bertz CT molecular complexity index is 899. The second-order valence-electron chi connectivity index (χ2n) is 5.07. The van der Waals surface area contributed by atoms with Crippen molar-refractivity contribution in [2.24, 2.45) is 0 Å². The van der Waals surface area contributed by atoms with Gasteiger partial charge in [-0.25, -0.2) is 21.9 Å². The van der Waals surface area contributed by atoms with E-state index >= 15 is 0 Å². The average Bonchev–Trinajstić information content (AvgIpc) is 2.53. The van der Waals surface area contributed by atoms with Gasteiger partial charge in [0, 0.05) is 11.6 Å². The average molecular weight is 371 g/mol. The van der Waals surface area contributed by atoms with Crippen molar-refractivity contribution in [3.63, 3.8) is 0 Å². The summed E-state index contributed by atoms with van der Waals surface area (Å²) in [6.07, 6.45) is 0.726. The van der Waals surface area contributed by atoms with Gasteiger partial charge in [-0.15, -0.1) is 0 Å². The van der Waals surface area contributed by atoms with E-state index in [-0.39, 0.29) is 6.61 Å². The number of hydrogen-bond donors (Lipinski definition) is 1. The Labute approximate surface area is 143 Å². The van der Waals surface area contributed by atoms with Crippen molar-refractivity contribution < 1.29 is 31.5 Å². The number of rotatable bonds is 6. The highest BCUT2D eigenvalue weighted by atomic mass is 32.2. The normalized spacial score (nSPS) is 11.0. The van der Waals surface area contributed by atoms with E-state index in [1.54, 1.807) is 29.0 Å². The molecular formula is C16H15F2NO5S. The van der Waals surface area contributed by atoms with Crippen LogP contribution in [0.25, 0.3) is 0 Å². The van der Waals surface area contributed by atoms with Gasteiger partial charge in [0.05, 0.1) is 18.9 Å². The van der Waals surface area contributed by atoms with Gasteiger partial charge in [0.2, 0.25) is 10.0 Å². The molecule has 0 saturated heterocycles. The molecule has 2 rings (SSSR count). The Hall–Kier alpha value is -2.68. The Kier molecular flexibility index (Phi) is 5.58. The van der Waals surface area contributed by atoms with Crippen molar-refractivity contribution in [3.8, 4) is 11.5 Å². The zero-order chi connectivity index (χ0) is 18.6. The fraction of sp³-hybridized carbons (Fsp3) is 0.188. The zero-order valence-electron chi connectivity index (χ0n) is 13.4. The molecule has 6 nitrogen and oxygen atoms in total. The molecule has 134 valence electrons. The topological polar surface area (TPSA) is 81.7 Å². The van der Waals surface area contributed by atoms with Gasteiger partial charge < -0.3 is 9.47 Å². The van der Waals surface area contributed by atoms with E-state index in [2.05, 4.69) is 0 Å². The lowest BCUT2D eigenvalue weighted by Crippen LogP contribution is -2.30. The first-order chi connectivity index (χ1) is 11.7. The smallest absolute Gasteiger partial charge is 0.267 e. The minimum Gasteiger partial charge on any atom is -0.496 e. The summed E-state index contributed by atoms with van der Waals surface area (Å²) < 4.78 is 62.0. The van der Waals surface area contributed by atoms with Crippen LogP contribution in [0.5, 0.6) is 11.5 Å². The molecule has 0 unspecified atom stereocenters. The van der Waals surface area contributed by atoms with Crippen molar-refractivity contribution in [1.29, 1.82) is 0 Å². The number of nitrogens with one attached hydrogen (secondary N) is 1. The number of amides is 1. The zero-order valence-corrected chi connectivity index (χ0v) is 14.2. The van der Waals surface area contributed by atoms with E-state index < -0.39 is 38.9 Å². The number of carbonyl (C=O) groups excluding carboxylic acids is 1. The van der Waals surface area contributed by atoms with Crippen molar-refractivity contribution >= 4 is 15.9 Å². The molecular weight excluding hydrogens is 356 g/mol. The predicted molar refractivity (Wildman–Crippen MR) is 86.0 cm³/mol. The molecule has 0 atom stereocenters. The molecule has 0 heterocycles. The molecule has 2 aromatic carbocycles. The highest BCUT2D eigenvalue weighted by Crippen LogP contribution is 2.25. The van der Waals surface area contributed by atoms with Gasteiger partial charge in [0.25, 0.3) is 5.91 Å². The fourth-order valence-electron chi connectivity index (χ4n) is 2.01. The molecule has 0 spiro atoms. The van der Waals surface area contributed by atoms with Crippen LogP contribution in [0.1, 0.15) is 15.9 Å². The molecule has 2 aromatic rings. The molecule has 1 N–H and O–H groups in total. The fourth-order valence-corrected chi connectivity index (χ4v) is 2.46. The van der Waals surface area contributed by atoms with Crippen LogP contribution < -0.4 is 14.2 Å². The highest BCUT2D eigenvalue weighted by Gasteiger charge is 2.19. The highest BCUT2D eigenvalue weighted by molar-refractivity contribution is 7.89. The van der Waals surface area contributed by atoms with E-state index in [1.807, 2.05) is 0 Å². The SMILES string of the molecule is COc1ccccc1COc1cc(F)c(C(=O)NS(C)(=O)=O)cc1F. The summed E-state index contributed by atoms with van der Waals surface area (Å²) in [5, 5.41) is 0. The van der Waals surface area contributed by atoms with Crippen LogP contribution in [0.3, 0.4) is 0 Å². The number of hydrogen-bond acceptors (Lipinski definition) is 5. The maximum Gasteiger partial charge on any atom is 0.267 e. The number of ether oxygens (including phenoxy) is 2. The van der Waals surface area contributed by atoms with E-state index in [4.69, 9.17) is 9.47 Å².